The molecule has 2 aromatic carbocycles. The molecule has 0 saturated carbocycles. The fourth-order valence-corrected chi connectivity index (χ4v) is 3.05. The van der Waals surface area contributed by atoms with Crippen LogP contribution in [0.1, 0.15) is 21.1 Å². The van der Waals surface area contributed by atoms with E-state index in [1.54, 1.807) is 0 Å². The van der Waals surface area contributed by atoms with E-state index < -0.39 is 0 Å². The number of nitrogens with zero attached hydrogens (tertiary/aromatic N) is 1. The Hall–Kier alpha value is -2.26. The van der Waals surface area contributed by atoms with E-state index in [9.17, 15) is 4.79 Å². The van der Waals surface area contributed by atoms with Crippen molar-refractivity contribution in [2.45, 2.75) is 6.42 Å². The van der Waals surface area contributed by atoms with E-state index in [1.807, 2.05) is 36.4 Å². The number of rotatable bonds is 4. The zero-order chi connectivity index (χ0) is 13.8. The number of hydrogen-bond acceptors (Lipinski definition) is 3. The molecular formula is C17H13NOS. The molecule has 1 aromatic heterocycles. The summed E-state index contributed by atoms with van der Waals surface area (Å²) in [5, 5.41) is 0.537. The van der Waals surface area contributed by atoms with Gasteiger partial charge >= 0.3 is 0 Å². The summed E-state index contributed by atoms with van der Waals surface area (Å²) in [6.07, 6.45) is 1.57. The van der Waals surface area contributed by atoms with Crippen molar-refractivity contribution in [1.29, 1.82) is 0 Å². The number of hydrogen-bond donors (Lipinski definition) is 0. The molecule has 0 unspecified atom stereocenters. The zero-order valence-corrected chi connectivity index (χ0v) is 11.6. The minimum atomic E-state index is 0.537. The summed E-state index contributed by atoms with van der Waals surface area (Å²) in [6, 6.07) is 20.3. The highest BCUT2D eigenvalue weighted by atomic mass is 32.1. The maximum Gasteiger partial charge on any atom is 0.178 e. The predicted octanol–water partition coefficient (Wildman–Crippen LogP) is 4.21. The predicted molar refractivity (Wildman–Crippen MR) is 82.2 cm³/mol. The van der Waals surface area contributed by atoms with Gasteiger partial charge in [0.2, 0.25) is 0 Å². The molecule has 20 heavy (non-hydrogen) atoms. The second kappa shape index (κ2) is 5.80. The lowest BCUT2D eigenvalue weighted by atomic mass is 10.1. The lowest BCUT2D eigenvalue weighted by molar-refractivity contribution is 0.112. The fourth-order valence-electron chi connectivity index (χ4n) is 2.14. The van der Waals surface area contributed by atoms with Crippen LogP contribution in [0.25, 0.3) is 10.4 Å². The molecule has 0 amide bonds. The second-order valence-electron chi connectivity index (χ2n) is 4.47. The van der Waals surface area contributed by atoms with Crippen LogP contribution in [0.3, 0.4) is 0 Å². The van der Waals surface area contributed by atoms with Gasteiger partial charge in [-0.15, -0.1) is 11.3 Å². The standard InChI is InChI=1S/C17H13NOS/c19-12-16-18-15(11-13-7-3-1-4-8-13)17(20-16)14-9-5-2-6-10-14/h1-10,12H,11H2. The summed E-state index contributed by atoms with van der Waals surface area (Å²) in [5.41, 5.74) is 3.28. The number of aldehydes is 1. The first kappa shape index (κ1) is 12.8. The molecule has 0 bridgehead atoms. The molecule has 0 radical (unpaired) electrons. The monoisotopic (exact) mass is 279 g/mol. The third-order valence-electron chi connectivity index (χ3n) is 3.07. The topological polar surface area (TPSA) is 30.0 Å². The Labute approximate surface area is 121 Å². The van der Waals surface area contributed by atoms with Gasteiger partial charge in [0, 0.05) is 6.42 Å². The minimum Gasteiger partial charge on any atom is -0.295 e. The quantitative estimate of drug-likeness (QED) is 0.669. The van der Waals surface area contributed by atoms with Crippen molar-refractivity contribution in [3.05, 3.63) is 76.9 Å². The summed E-state index contributed by atoms with van der Waals surface area (Å²) in [4.78, 5) is 16.5. The van der Waals surface area contributed by atoms with Crippen LogP contribution in [0.15, 0.2) is 60.7 Å². The Bertz CT molecular complexity index is 704. The number of aromatic nitrogens is 1. The first-order valence-corrected chi connectivity index (χ1v) is 7.22. The normalized spacial score (nSPS) is 10.4. The minimum absolute atomic E-state index is 0.537. The molecule has 3 rings (SSSR count). The van der Waals surface area contributed by atoms with Crippen LogP contribution >= 0.6 is 11.3 Å². The number of carbonyl (C=O) groups is 1. The Balaban J connectivity index is 2.02. The van der Waals surface area contributed by atoms with Crippen molar-refractivity contribution in [2.24, 2.45) is 0 Å². The molecule has 2 nitrogen and oxygen atoms in total. The van der Waals surface area contributed by atoms with Crippen LogP contribution in [0.5, 0.6) is 0 Å². The van der Waals surface area contributed by atoms with E-state index in [1.165, 1.54) is 16.9 Å². The molecule has 3 aromatic rings. The van der Waals surface area contributed by atoms with Gasteiger partial charge in [-0.2, -0.15) is 0 Å². The molecule has 0 spiro atoms. The van der Waals surface area contributed by atoms with Gasteiger partial charge in [0.1, 0.15) is 0 Å². The largest absolute Gasteiger partial charge is 0.295 e. The van der Waals surface area contributed by atoms with Gasteiger partial charge in [-0.3, -0.25) is 4.79 Å². The van der Waals surface area contributed by atoms with Crippen LogP contribution in [0.4, 0.5) is 0 Å². The maximum absolute atomic E-state index is 11.0. The van der Waals surface area contributed by atoms with Gasteiger partial charge in [-0.05, 0) is 11.1 Å². The SMILES string of the molecule is O=Cc1nc(Cc2ccccc2)c(-c2ccccc2)s1. The lowest BCUT2D eigenvalue weighted by Gasteiger charge is -2.02. The Morgan fingerprint density at radius 3 is 2.25 bits per heavy atom. The highest BCUT2D eigenvalue weighted by Crippen LogP contribution is 2.31. The van der Waals surface area contributed by atoms with Crippen molar-refractivity contribution in [2.75, 3.05) is 0 Å². The fraction of sp³-hybridized carbons (Fsp3) is 0.0588. The summed E-state index contributed by atoms with van der Waals surface area (Å²) in [7, 11) is 0. The number of benzene rings is 2. The van der Waals surface area contributed by atoms with Crippen molar-refractivity contribution < 1.29 is 4.79 Å². The molecule has 1 heterocycles. The lowest BCUT2D eigenvalue weighted by Crippen LogP contribution is -1.91. The van der Waals surface area contributed by atoms with Gasteiger partial charge in [0.05, 0.1) is 10.6 Å². The maximum atomic E-state index is 11.0. The smallest absolute Gasteiger partial charge is 0.178 e. The van der Waals surface area contributed by atoms with Gasteiger partial charge in [-0.1, -0.05) is 60.7 Å². The van der Waals surface area contributed by atoms with Crippen LogP contribution in [0.2, 0.25) is 0 Å². The molecule has 0 aliphatic rings. The van der Waals surface area contributed by atoms with Gasteiger partial charge in [-0.25, -0.2) is 4.98 Å². The second-order valence-corrected chi connectivity index (χ2v) is 5.50. The third-order valence-corrected chi connectivity index (χ3v) is 4.14. The van der Waals surface area contributed by atoms with Crippen molar-refractivity contribution in [1.82, 2.24) is 4.98 Å². The Morgan fingerprint density at radius 1 is 0.950 bits per heavy atom. The zero-order valence-electron chi connectivity index (χ0n) is 10.8. The molecule has 0 aliphatic carbocycles. The summed E-state index contributed by atoms with van der Waals surface area (Å²) in [6.45, 7) is 0. The van der Waals surface area contributed by atoms with Crippen LogP contribution < -0.4 is 0 Å². The van der Waals surface area contributed by atoms with Crippen LogP contribution in [-0.2, 0) is 6.42 Å². The Morgan fingerprint density at radius 2 is 1.60 bits per heavy atom. The number of carbonyl (C=O) groups excluding carboxylic acids is 1. The van der Waals surface area contributed by atoms with E-state index in [-0.39, 0.29) is 0 Å². The summed E-state index contributed by atoms with van der Waals surface area (Å²) < 4.78 is 0. The highest BCUT2D eigenvalue weighted by molar-refractivity contribution is 7.16. The molecule has 3 heteroatoms. The Kier molecular flexibility index (Phi) is 3.70. The van der Waals surface area contributed by atoms with E-state index >= 15 is 0 Å². The van der Waals surface area contributed by atoms with E-state index in [4.69, 9.17) is 0 Å². The van der Waals surface area contributed by atoms with E-state index in [2.05, 4.69) is 29.2 Å². The van der Waals surface area contributed by atoms with Crippen molar-refractivity contribution >= 4 is 17.6 Å². The van der Waals surface area contributed by atoms with Crippen LogP contribution in [-0.4, -0.2) is 11.3 Å². The molecule has 0 atom stereocenters. The van der Waals surface area contributed by atoms with Crippen LogP contribution in [0, 0.1) is 0 Å². The average molecular weight is 279 g/mol. The first-order chi connectivity index (χ1) is 9.86. The van der Waals surface area contributed by atoms with Gasteiger partial charge in [0.15, 0.2) is 11.3 Å². The van der Waals surface area contributed by atoms with Gasteiger partial charge < -0.3 is 0 Å². The summed E-state index contributed by atoms with van der Waals surface area (Å²) in [5.74, 6) is 0. The van der Waals surface area contributed by atoms with E-state index in [0.717, 1.165) is 28.8 Å². The highest BCUT2D eigenvalue weighted by Gasteiger charge is 2.12. The number of thiazole rings is 1. The van der Waals surface area contributed by atoms with Crippen molar-refractivity contribution in [3.8, 4) is 10.4 Å². The first-order valence-electron chi connectivity index (χ1n) is 6.41. The average Bonchev–Trinajstić information content (AvgIpc) is 2.92. The molecule has 0 saturated heterocycles. The van der Waals surface area contributed by atoms with E-state index in [0.29, 0.717) is 5.01 Å². The third kappa shape index (κ3) is 2.68. The molecule has 0 fully saturated rings. The molecule has 0 aliphatic heterocycles. The van der Waals surface area contributed by atoms with Crippen molar-refractivity contribution in [3.63, 3.8) is 0 Å². The molecule has 98 valence electrons. The van der Waals surface area contributed by atoms with Gasteiger partial charge in [0.25, 0.3) is 0 Å². The molecular weight excluding hydrogens is 266 g/mol. The summed E-state index contributed by atoms with van der Waals surface area (Å²) >= 11 is 1.45. The molecule has 0 N–H and O–H groups in total.